The summed E-state index contributed by atoms with van der Waals surface area (Å²) in [6.45, 7) is 1.99. The zero-order valence-electron chi connectivity index (χ0n) is 12.2. The summed E-state index contributed by atoms with van der Waals surface area (Å²) in [7, 11) is 0. The van der Waals surface area contributed by atoms with E-state index in [1.54, 1.807) is 12.1 Å². The fourth-order valence-corrected chi connectivity index (χ4v) is 2.22. The summed E-state index contributed by atoms with van der Waals surface area (Å²) in [5.74, 6) is -0.509. The Morgan fingerprint density at radius 2 is 2.23 bits per heavy atom. The Labute approximate surface area is 127 Å². The van der Waals surface area contributed by atoms with Gasteiger partial charge in [-0.3, -0.25) is 10.1 Å². The molecule has 0 radical (unpaired) electrons. The molecule has 0 aliphatic heterocycles. The normalized spacial score (nSPS) is 12.0. The van der Waals surface area contributed by atoms with Gasteiger partial charge in [0.1, 0.15) is 11.9 Å². The highest BCUT2D eigenvalue weighted by atomic mass is 16.6. The van der Waals surface area contributed by atoms with E-state index in [1.807, 2.05) is 6.92 Å². The number of carboxylic acids is 1. The molecule has 1 aromatic carbocycles. The molecule has 7 heteroatoms. The predicted octanol–water partition coefficient (Wildman–Crippen LogP) is 3.20. The fourth-order valence-electron chi connectivity index (χ4n) is 2.22. The first kappa shape index (κ1) is 15.7. The van der Waals surface area contributed by atoms with Crippen LogP contribution in [-0.4, -0.2) is 27.0 Å². The molecule has 0 saturated heterocycles. The number of aromatic nitrogens is 1. The van der Waals surface area contributed by atoms with Crippen LogP contribution >= 0.6 is 0 Å². The first-order valence-corrected chi connectivity index (χ1v) is 7.05. The molecule has 0 bridgehead atoms. The Morgan fingerprint density at radius 1 is 1.45 bits per heavy atom. The van der Waals surface area contributed by atoms with E-state index in [-0.39, 0.29) is 5.69 Å². The highest BCUT2D eigenvalue weighted by Gasteiger charge is 2.18. The molecule has 2 N–H and O–H groups in total. The summed E-state index contributed by atoms with van der Waals surface area (Å²) in [6.07, 6.45) is 3.70. The number of non-ortho nitro benzene ring substituents is 1. The molecule has 0 amide bonds. The number of rotatable bonds is 7. The van der Waals surface area contributed by atoms with Crippen molar-refractivity contribution in [2.24, 2.45) is 0 Å². The van der Waals surface area contributed by atoms with Crippen molar-refractivity contribution < 1.29 is 14.8 Å². The molecule has 1 atom stereocenters. The van der Waals surface area contributed by atoms with E-state index >= 15 is 0 Å². The minimum Gasteiger partial charge on any atom is -0.480 e. The molecular weight excluding hydrogens is 286 g/mol. The van der Waals surface area contributed by atoms with Crippen molar-refractivity contribution in [1.82, 2.24) is 4.98 Å². The van der Waals surface area contributed by atoms with E-state index < -0.39 is 16.9 Å². The van der Waals surface area contributed by atoms with Crippen LogP contribution in [-0.2, 0) is 4.79 Å². The van der Waals surface area contributed by atoms with Crippen LogP contribution in [0.4, 0.5) is 11.5 Å². The number of nitrogens with one attached hydrogen (secondary N) is 1. The van der Waals surface area contributed by atoms with Crippen LogP contribution in [0.15, 0.2) is 30.5 Å². The van der Waals surface area contributed by atoms with Gasteiger partial charge < -0.3 is 10.4 Å². The molecule has 0 aliphatic carbocycles. The van der Waals surface area contributed by atoms with Crippen LogP contribution in [0.2, 0.25) is 0 Å². The number of hydrogen-bond acceptors (Lipinski definition) is 5. The molecule has 22 heavy (non-hydrogen) atoms. The average molecular weight is 303 g/mol. The first-order chi connectivity index (χ1) is 10.5. The van der Waals surface area contributed by atoms with E-state index in [2.05, 4.69) is 10.3 Å². The van der Waals surface area contributed by atoms with Crippen LogP contribution < -0.4 is 5.32 Å². The molecule has 0 unspecified atom stereocenters. The van der Waals surface area contributed by atoms with Gasteiger partial charge in [0.25, 0.3) is 5.69 Å². The zero-order chi connectivity index (χ0) is 16.1. The third kappa shape index (κ3) is 3.49. The quantitative estimate of drug-likeness (QED) is 0.601. The van der Waals surface area contributed by atoms with E-state index in [0.717, 1.165) is 12.8 Å². The largest absolute Gasteiger partial charge is 0.480 e. The second-order valence-corrected chi connectivity index (χ2v) is 5.00. The molecule has 0 spiro atoms. The fraction of sp³-hybridized carbons (Fsp3) is 0.333. The van der Waals surface area contributed by atoms with Crippen molar-refractivity contribution in [2.75, 3.05) is 5.32 Å². The number of hydrogen-bond donors (Lipinski definition) is 2. The van der Waals surface area contributed by atoms with E-state index in [1.165, 1.54) is 18.3 Å². The molecule has 7 nitrogen and oxygen atoms in total. The highest BCUT2D eigenvalue weighted by Crippen LogP contribution is 2.26. The standard InChI is InChI=1S/C15H17N3O4/c1-2-3-4-13(15(19)20)17-14-12-6-5-11(18(21)22)9-10(12)7-8-16-14/h5-9,13H,2-4H2,1H3,(H,16,17)(H,19,20)/t13-/m0/s1. The lowest BCUT2D eigenvalue weighted by Crippen LogP contribution is -2.29. The Bertz CT molecular complexity index is 702. The number of nitro benzene ring substituents is 1. The molecule has 0 saturated carbocycles. The van der Waals surface area contributed by atoms with Gasteiger partial charge in [-0.1, -0.05) is 19.8 Å². The van der Waals surface area contributed by atoms with Gasteiger partial charge >= 0.3 is 5.97 Å². The Kier molecular flexibility index (Phi) is 4.88. The average Bonchev–Trinajstić information content (AvgIpc) is 2.50. The van der Waals surface area contributed by atoms with Crippen molar-refractivity contribution in [1.29, 1.82) is 0 Å². The van der Waals surface area contributed by atoms with Crippen molar-refractivity contribution in [3.05, 3.63) is 40.6 Å². The van der Waals surface area contributed by atoms with Gasteiger partial charge in [-0.25, -0.2) is 9.78 Å². The van der Waals surface area contributed by atoms with Gasteiger partial charge in [-0.15, -0.1) is 0 Å². The van der Waals surface area contributed by atoms with Gasteiger partial charge in [-0.05, 0) is 23.9 Å². The second-order valence-electron chi connectivity index (χ2n) is 5.00. The topological polar surface area (TPSA) is 105 Å². The third-order valence-corrected chi connectivity index (χ3v) is 3.41. The van der Waals surface area contributed by atoms with Crippen LogP contribution in [0.5, 0.6) is 0 Å². The van der Waals surface area contributed by atoms with Crippen molar-refractivity contribution >= 4 is 28.2 Å². The summed E-state index contributed by atoms with van der Waals surface area (Å²) in [5, 5.41) is 24.3. The number of carbonyl (C=O) groups is 1. The minimum absolute atomic E-state index is 0.00887. The third-order valence-electron chi connectivity index (χ3n) is 3.41. The SMILES string of the molecule is CCCC[C@H](Nc1nccc2cc([N+](=O)[O-])ccc12)C(=O)O. The number of unbranched alkanes of at least 4 members (excludes halogenated alkanes) is 1. The number of nitrogens with zero attached hydrogens (tertiary/aromatic N) is 2. The van der Waals surface area contributed by atoms with Crippen molar-refractivity contribution in [3.8, 4) is 0 Å². The molecular formula is C15H17N3O4. The Hall–Kier alpha value is -2.70. The monoisotopic (exact) mass is 303 g/mol. The highest BCUT2D eigenvalue weighted by molar-refractivity contribution is 5.94. The number of carboxylic acid groups (broad SMARTS) is 1. The molecule has 116 valence electrons. The molecule has 0 fully saturated rings. The maximum absolute atomic E-state index is 11.3. The van der Waals surface area contributed by atoms with E-state index in [0.29, 0.717) is 23.0 Å². The maximum atomic E-state index is 11.3. The molecule has 2 aromatic rings. The summed E-state index contributed by atoms with van der Waals surface area (Å²) in [5.41, 5.74) is -0.00887. The Morgan fingerprint density at radius 3 is 2.86 bits per heavy atom. The summed E-state index contributed by atoms with van der Waals surface area (Å²) < 4.78 is 0. The number of aliphatic carboxylic acids is 1. The van der Waals surface area contributed by atoms with E-state index in [9.17, 15) is 20.0 Å². The molecule has 1 aromatic heterocycles. The van der Waals surface area contributed by atoms with Crippen molar-refractivity contribution in [2.45, 2.75) is 32.2 Å². The zero-order valence-corrected chi connectivity index (χ0v) is 12.2. The first-order valence-electron chi connectivity index (χ1n) is 7.05. The van der Waals surface area contributed by atoms with Crippen LogP contribution in [0.1, 0.15) is 26.2 Å². The predicted molar refractivity (Wildman–Crippen MR) is 83.0 cm³/mol. The van der Waals surface area contributed by atoms with Gasteiger partial charge in [0.15, 0.2) is 0 Å². The van der Waals surface area contributed by atoms with Crippen LogP contribution in [0, 0.1) is 10.1 Å². The summed E-state index contributed by atoms with van der Waals surface area (Å²) >= 11 is 0. The van der Waals surface area contributed by atoms with Gasteiger partial charge in [-0.2, -0.15) is 0 Å². The number of nitro groups is 1. The minimum atomic E-state index is -0.936. The number of anilines is 1. The lowest BCUT2D eigenvalue weighted by atomic mass is 10.1. The number of benzene rings is 1. The van der Waals surface area contributed by atoms with Crippen LogP contribution in [0.3, 0.4) is 0 Å². The lowest BCUT2D eigenvalue weighted by Gasteiger charge is -2.16. The van der Waals surface area contributed by atoms with Gasteiger partial charge in [0, 0.05) is 23.7 Å². The van der Waals surface area contributed by atoms with Crippen LogP contribution in [0.25, 0.3) is 10.8 Å². The molecule has 2 rings (SSSR count). The molecule has 1 heterocycles. The summed E-state index contributed by atoms with van der Waals surface area (Å²) in [4.78, 5) is 25.8. The number of pyridine rings is 1. The summed E-state index contributed by atoms with van der Waals surface area (Å²) in [6, 6.07) is 5.35. The number of fused-ring (bicyclic) bond motifs is 1. The van der Waals surface area contributed by atoms with E-state index in [4.69, 9.17) is 0 Å². The maximum Gasteiger partial charge on any atom is 0.326 e. The smallest absolute Gasteiger partial charge is 0.326 e. The van der Waals surface area contributed by atoms with Gasteiger partial charge in [0.2, 0.25) is 0 Å². The van der Waals surface area contributed by atoms with Crippen molar-refractivity contribution in [3.63, 3.8) is 0 Å². The lowest BCUT2D eigenvalue weighted by molar-refractivity contribution is -0.384. The Balaban J connectivity index is 2.34. The molecule has 0 aliphatic rings. The van der Waals surface area contributed by atoms with Gasteiger partial charge in [0.05, 0.1) is 4.92 Å². The second kappa shape index (κ2) is 6.84.